The number of nitrogens with one attached hydrogen (secondary N) is 2. The van der Waals surface area contributed by atoms with Crippen LogP contribution >= 0.6 is 0 Å². The van der Waals surface area contributed by atoms with Crippen molar-refractivity contribution in [2.24, 2.45) is 0 Å². The van der Waals surface area contributed by atoms with Gasteiger partial charge in [-0.15, -0.1) is 0 Å². The number of hydrogen-bond acceptors (Lipinski definition) is 3. The molecule has 1 fully saturated rings. The first-order valence-corrected chi connectivity index (χ1v) is 8.80. The summed E-state index contributed by atoms with van der Waals surface area (Å²) < 4.78 is 18.5. The van der Waals surface area contributed by atoms with Gasteiger partial charge in [0.25, 0.3) is 0 Å². The van der Waals surface area contributed by atoms with Crippen molar-refractivity contribution in [2.75, 3.05) is 18.6 Å². The molecule has 0 bridgehead atoms. The van der Waals surface area contributed by atoms with E-state index < -0.39 is 5.82 Å². The Morgan fingerprint density at radius 1 is 1.11 bits per heavy atom. The minimum atomic E-state index is -0.464. The lowest BCUT2D eigenvalue weighted by Gasteiger charge is -2.16. The van der Waals surface area contributed by atoms with Crippen molar-refractivity contribution in [3.63, 3.8) is 0 Å². The van der Waals surface area contributed by atoms with Gasteiger partial charge in [0.05, 0.1) is 7.11 Å². The minimum Gasteiger partial charge on any atom is -0.494 e. The van der Waals surface area contributed by atoms with Gasteiger partial charge in [-0.2, -0.15) is 0 Å². The number of halogens is 1. The predicted octanol–water partition coefficient (Wildman–Crippen LogP) is 2.96. The maximum atomic E-state index is 13.6. The third-order valence-electron chi connectivity index (χ3n) is 4.44. The van der Waals surface area contributed by atoms with Crippen LogP contribution in [-0.2, 0) is 17.9 Å². The molecule has 27 heavy (non-hydrogen) atoms. The lowest BCUT2D eigenvalue weighted by Crippen LogP contribution is -2.34. The maximum Gasteiger partial charge on any atom is 0.315 e. The molecular formula is C20H22FN3O3. The number of anilines is 1. The molecule has 0 saturated carbocycles. The molecule has 2 aromatic carbocycles. The number of urea groups is 1. The first-order valence-electron chi connectivity index (χ1n) is 8.80. The third kappa shape index (κ3) is 4.75. The fourth-order valence-corrected chi connectivity index (χ4v) is 2.96. The minimum absolute atomic E-state index is 0.148. The summed E-state index contributed by atoms with van der Waals surface area (Å²) in [4.78, 5) is 25.4. The van der Waals surface area contributed by atoms with Crippen LogP contribution in [0.3, 0.4) is 0 Å². The molecule has 142 valence electrons. The highest BCUT2D eigenvalue weighted by atomic mass is 19.1. The first kappa shape index (κ1) is 18.7. The van der Waals surface area contributed by atoms with Crippen molar-refractivity contribution >= 4 is 17.6 Å². The van der Waals surface area contributed by atoms with E-state index in [0.29, 0.717) is 18.5 Å². The normalized spacial score (nSPS) is 13.6. The Bertz CT molecular complexity index is 824. The van der Waals surface area contributed by atoms with Gasteiger partial charge in [0, 0.05) is 31.7 Å². The van der Waals surface area contributed by atoms with Gasteiger partial charge in [0.1, 0.15) is 0 Å². The van der Waals surface area contributed by atoms with E-state index in [2.05, 4.69) is 10.6 Å². The molecule has 0 aromatic heterocycles. The summed E-state index contributed by atoms with van der Waals surface area (Å²) in [6.07, 6.45) is 1.49. The molecule has 0 spiro atoms. The molecule has 1 saturated heterocycles. The van der Waals surface area contributed by atoms with E-state index in [-0.39, 0.29) is 24.2 Å². The monoisotopic (exact) mass is 371 g/mol. The van der Waals surface area contributed by atoms with Crippen LogP contribution in [0.15, 0.2) is 42.5 Å². The zero-order valence-corrected chi connectivity index (χ0v) is 15.1. The zero-order valence-electron chi connectivity index (χ0n) is 15.1. The topological polar surface area (TPSA) is 70.7 Å². The Morgan fingerprint density at radius 2 is 1.78 bits per heavy atom. The summed E-state index contributed by atoms with van der Waals surface area (Å²) in [6.45, 7) is 1.32. The van der Waals surface area contributed by atoms with Crippen LogP contribution in [0.2, 0.25) is 0 Å². The average molecular weight is 371 g/mol. The molecule has 3 rings (SSSR count). The standard InChI is InChI=1S/C20H22FN3O3/c1-27-18-9-6-15(11-17(18)21)13-23-20(26)22-12-14-4-7-16(8-5-14)24-10-2-3-19(24)25/h4-9,11H,2-3,10,12-13H2,1H3,(H2,22,23,26). The lowest BCUT2D eigenvalue weighted by atomic mass is 10.2. The maximum absolute atomic E-state index is 13.6. The molecule has 0 atom stereocenters. The largest absolute Gasteiger partial charge is 0.494 e. The molecule has 1 heterocycles. The molecule has 0 unspecified atom stereocenters. The summed E-state index contributed by atoms with van der Waals surface area (Å²) in [5.74, 6) is -0.147. The second kappa shape index (κ2) is 8.53. The molecule has 7 heteroatoms. The van der Waals surface area contributed by atoms with Gasteiger partial charge in [0.15, 0.2) is 11.6 Å². The lowest BCUT2D eigenvalue weighted by molar-refractivity contribution is -0.117. The molecule has 1 aliphatic rings. The smallest absolute Gasteiger partial charge is 0.315 e. The quantitative estimate of drug-likeness (QED) is 0.820. The Hall–Kier alpha value is -3.09. The fourth-order valence-electron chi connectivity index (χ4n) is 2.96. The molecule has 2 aromatic rings. The number of amides is 3. The first-order chi connectivity index (χ1) is 13.1. The van der Waals surface area contributed by atoms with Gasteiger partial charge in [-0.25, -0.2) is 9.18 Å². The highest BCUT2D eigenvalue weighted by Crippen LogP contribution is 2.21. The van der Waals surface area contributed by atoms with E-state index in [1.54, 1.807) is 11.0 Å². The van der Waals surface area contributed by atoms with Gasteiger partial charge in [-0.1, -0.05) is 18.2 Å². The van der Waals surface area contributed by atoms with Crippen molar-refractivity contribution in [1.82, 2.24) is 10.6 Å². The number of rotatable bonds is 6. The molecule has 0 radical (unpaired) electrons. The summed E-state index contributed by atoms with van der Waals surface area (Å²) in [5.41, 5.74) is 2.45. The van der Waals surface area contributed by atoms with E-state index >= 15 is 0 Å². The molecule has 6 nitrogen and oxygen atoms in total. The summed E-state index contributed by atoms with van der Waals surface area (Å²) in [7, 11) is 1.40. The fraction of sp³-hybridized carbons (Fsp3) is 0.300. The van der Waals surface area contributed by atoms with Gasteiger partial charge in [-0.05, 0) is 41.8 Å². The van der Waals surface area contributed by atoms with Crippen LogP contribution in [0, 0.1) is 5.82 Å². The Balaban J connectivity index is 1.46. The second-order valence-electron chi connectivity index (χ2n) is 6.32. The number of carbonyl (C=O) groups is 2. The van der Waals surface area contributed by atoms with Crippen LogP contribution in [0.25, 0.3) is 0 Å². The van der Waals surface area contributed by atoms with Crippen LogP contribution in [0.4, 0.5) is 14.9 Å². The van der Waals surface area contributed by atoms with E-state index in [1.807, 2.05) is 24.3 Å². The number of benzene rings is 2. The van der Waals surface area contributed by atoms with Crippen molar-refractivity contribution < 1.29 is 18.7 Å². The zero-order chi connectivity index (χ0) is 19.2. The summed E-state index contributed by atoms with van der Waals surface area (Å²) in [5, 5.41) is 5.44. The highest BCUT2D eigenvalue weighted by Gasteiger charge is 2.21. The number of nitrogens with zero attached hydrogens (tertiary/aromatic N) is 1. The SMILES string of the molecule is COc1ccc(CNC(=O)NCc2ccc(N3CCCC3=O)cc2)cc1F. The Kier molecular flexibility index (Phi) is 5.90. The molecule has 3 amide bonds. The van der Waals surface area contributed by atoms with E-state index in [0.717, 1.165) is 24.2 Å². The Labute approximate surface area is 157 Å². The molecule has 2 N–H and O–H groups in total. The van der Waals surface area contributed by atoms with Crippen molar-refractivity contribution in [3.05, 3.63) is 59.4 Å². The number of hydrogen-bond donors (Lipinski definition) is 2. The van der Waals surface area contributed by atoms with E-state index in [4.69, 9.17) is 4.74 Å². The summed E-state index contributed by atoms with van der Waals surface area (Å²) in [6, 6.07) is 11.8. The van der Waals surface area contributed by atoms with Gasteiger partial charge in [0.2, 0.25) is 5.91 Å². The van der Waals surface area contributed by atoms with E-state index in [1.165, 1.54) is 19.2 Å². The highest BCUT2D eigenvalue weighted by molar-refractivity contribution is 5.95. The average Bonchev–Trinajstić information content (AvgIpc) is 3.11. The molecule has 0 aliphatic carbocycles. The molecule has 1 aliphatic heterocycles. The number of ether oxygens (including phenoxy) is 1. The predicted molar refractivity (Wildman–Crippen MR) is 100 cm³/mol. The van der Waals surface area contributed by atoms with Gasteiger partial charge in [-0.3, -0.25) is 4.79 Å². The van der Waals surface area contributed by atoms with E-state index in [9.17, 15) is 14.0 Å². The number of methoxy groups -OCH3 is 1. The van der Waals surface area contributed by atoms with Crippen molar-refractivity contribution in [3.8, 4) is 5.75 Å². The van der Waals surface area contributed by atoms with Crippen LogP contribution < -0.4 is 20.3 Å². The summed E-state index contributed by atoms with van der Waals surface area (Å²) >= 11 is 0. The van der Waals surface area contributed by atoms with Crippen LogP contribution in [0.5, 0.6) is 5.75 Å². The van der Waals surface area contributed by atoms with Crippen molar-refractivity contribution in [1.29, 1.82) is 0 Å². The third-order valence-corrected chi connectivity index (χ3v) is 4.44. The van der Waals surface area contributed by atoms with Crippen LogP contribution in [0.1, 0.15) is 24.0 Å². The van der Waals surface area contributed by atoms with Gasteiger partial charge < -0.3 is 20.3 Å². The van der Waals surface area contributed by atoms with Gasteiger partial charge >= 0.3 is 6.03 Å². The Morgan fingerprint density at radius 3 is 2.37 bits per heavy atom. The second-order valence-corrected chi connectivity index (χ2v) is 6.32. The number of carbonyl (C=O) groups excluding carboxylic acids is 2. The molecular weight excluding hydrogens is 349 g/mol. The van der Waals surface area contributed by atoms with Crippen LogP contribution in [-0.4, -0.2) is 25.6 Å². The van der Waals surface area contributed by atoms with Crippen molar-refractivity contribution in [2.45, 2.75) is 25.9 Å².